The zero-order valence-corrected chi connectivity index (χ0v) is 7.24. The maximum atomic E-state index is 10.8. The molecule has 0 radical (unpaired) electrons. The molecule has 0 aliphatic carbocycles. The summed E-state index contributed by atoms with van der Waals surface area (Å²) in [6, 6.07) is 2.46. The van der Waals surface area contributed by atoms with Gasteiger partial charge in [0.05, 0.1) is 0 Å². The van der Waals surface area contributed by atoms with Crippen molar-refractivity contribution >= 4 is 13.9 Å². The molecule has 0 aromatic heterocycles. The van der Waals surface area contributed by atoms with Crippen LogP contribution in [-0.2, 0) is 4.79 Å². The van der Waals surface area contributed by atoms with E-state index in [4.69, 9.17) is 0 Å². The molecular weight excluding hydrogens is 128 g/mol. The van der Waals surface area contributed by atoms with E-state index in [2.05, 4.69) is 13.1 Å². The number of carbonyl (C=O) groups is 1. The fourth-order valence-corrected chi connectivity index (χ4v) is 3.37. The summed E-state index contributed by atoms with van der Waals surface area (Å²) in [6.45, 7) is 4.75. The van der Waals surface area contributed by atoms with E-state index in [0.717, 1.165) is 12.8 Å². The molecule has 2 heteroatoms. The minimum absolute atomic E-state index is 0.488. The van der Waals surface area contributed by atoms with E-state index >= 15 is 0 Å². The topological polar surface area (TPSA) is 17.1 Å². The molecule has 0 aromatic carbocycles. The van der Waals surface area contributed by atoms with Crippen LogP contribution < -0.4 is 0 Å². The van der Waals surface area contributed by atoms with E-state index < -0.39 is 8.07 Å². The van der Waals surface area contributed by atoms with Gasteiger partial charge in [-0.15, -0.1) is 0 Å². The van der Waals surface area contributed by atoms with Crippen LogP contribution in [0.2, 0.25) is 25.2 Å². The molecule has 0 aromatic rings. The highest BCUT2D eigenvalue weighted by atomic mass is 28.3. The molecule has 0 unspecified atom stereocenters. The summed E-state index contributed by atoms with van der Waals surface area (Å²) in [4.78, 5) is 10.8. The highest BCUT2D eigenvalue weighted by molar-refractivity contribution is 6.78. The van der Waals surface area contributed by atoms with E-state index in [-0.39, 0.29) is 0 Å². The van der Waals surface area contributed by atoms with Crippen LogP contribution in [0.15, 0.2) is 0 Å². The summed E-state index contributed by atoms with van der Waals surface area (Å²) < 4.78 is 0. The first-order chi connectivity index (χ1) is 4.10. The molecule has 0 amide bonds. The third kappa shape index (κ3) is 1.93. The van der Waals surface area contributed by atoms with Crippen molar-refractivity contribution in [2.75, 3.05) is 0 Å². The third-order valence-corrected chi connectivity index (χ3v) is 5.37. The summed E-state index contributed by atoms with van der Waals surface area (Å²) in [5.74, 6) is 0.488. The molecule has 0 N–H and O–H groups in total. The maximum absolute atomic E-state index is 10.8. The second kappa shape index (κ2) is 2.25. The SMILES string of the molecule is C[Si]1(C)CCC(=O)CC1. The van der Waals surface area contributed by atoms with E-state index in [1.165, 1.54) is 12.1 Å². The standard InChI is InChI=1S/C7H14OSi/c1-9(2)5-3-7(8)4-6-9/h3-6H2,1-2H3. The van der Waals surface area contributed by atoms with Crippen molar-refractivity contribution in [2.24, 2.45) is 0 Å². The molecule has 1 heterocycles. The summed E-state index contributed by atoms with van der Waals surface area (Å²) in [5.41, 5.74) is 0. The molecular formula is C7H14OSi. The molecule has 1 saturated heterocycles. The summed E-state index contributed by atoms with van der Waals surface area (Å²) in [5, 5.41) is 0. The highest BCUT2D eigenvalue weighted by Crippen LogP contribution is 2.25. The minimum atomic E-state index is -0.853. The van der Waals surface area contributed by atoms with Crippen molar-refractivity contribution < 1.29 is 4.79 Å². The molecule has 52 valence electrons. The van der Waals surface area contributed by atoms with Crippen LogP contribution in [0.4, 0.5) is 0 Å². The monoisotopic (exact) mass is 142 g/mol. The van der Waals surface area contributed by atoms with Crippen molar-refractivity contribution in [2.45, 2.75) is 38.0 Å². The molecule has 1 aliphatic rings. The Morgan fingerprint density at radius 3 is 2.00 bits per heavy atom. The van der Waals surface area contributed by atoms with Gasteiger partial charge in [0.15, 0.2) is 0 Å². The lowest BCUT2D eigenvalue weighted by atomic mass is 10.2. The Kier molecular flexibility index (Phi) is 1.75. The quantitative estimate of drug-likeness (QED) is 0.473. The average Bonchev–Trinajstić information content (AvgIpc) is 1.78. The van der Waals surface area contributed by atoms with Crippen LogP contribution in [0.25, 0.3) is 0 Å². The van der Waals surface area contributed by atoms with Crippen LogP contribution in [0.3, 0.4) is 0 Å². The normalized spacial score (nSPS) is 26.2. The van der Waals surface area contributed by atoms with Crippen LogP contribution >= 0.6 is 0 Å². The summed E-state index contributed by atoms with van der Waals surface area (Å²) in [7, 11) is -0.853. The molecule has 1 rings (SSSR count). The number of ketones is 1. The maximum Gasteiger partial charge on any atom is 0.132 e. The van der Waals surface area contributed by atoms with E-state index in [9.17, 15) is 4.79 Å². The molecule has 1 nitrogen and oxygen atoms in total. The fraction of sp³-hybridized carbons (Fsp3) is 0.857. The molecule has 1 aliphatic heterocycles. The average molecular weight is 142 g/mol. The Hall–Kier alpha value is -0.113. The lowest BCUT2D eigenvalue weighted by molar-refractivity contribution is -0.118. The largest absolute Gasteiger partial charge is 0.300 e. The first kappa shape index (κ1) is 7.00. The van der Waals surface area contributed by atoms with Gasteiger partial charge in [-0.3, -0.25) is 4.79 Å². The zero-order valence-electron chi connectivity index (χ0n) is 6.24. The van der Waals surface area contributed by atoms with E-state index in [1.807, 2.05) is 0 Å². The van der Waals surface area contributed by atoms with Crippen molar-refractivity contribution in [1.82, 2.24) is 0 Å². The lowest BCUT2D eigenvalue weighted by Crippen LogP contribution is -2.30. The van der Waals surface area contributed by atoms with Gasteiger partial charge in [0, 0.05) is 20.9 Å². The van der Waals surface area contributed by atoms with Gasteiger partial charge in [-0.05, 0) is 0 Å². The van der Waals surface area contributed by atoms with Gasteiger partial charge >= 0.3 is 0 Å². The van der Waals surface area contributed by atoms with Crippen LogP contribution in [0.5, 0.6) is 0 Å². The Bertz CT molecular complexity index is 117. The van der Waals surface area contributed by atoms with Crippen molar-refractivity contribution in [3.05, 3.63) is 0 Å². The Labute approximate surface area is 57.5 Å². The van der Waals surface area contributed by atoms with Gasteiger partial charge in [-0.25, -0.2) is 0 Å². The zero-order chi connectivity index (χ0) is 6.91. The number of carbonyl (C=O) groups excluding carboxylic acids is 1. The summed E-state index contributed by atoms with van der Waals surface area (Å²) in [6.07, 6.45) is 1.75. The van der Waals surface area contributed by atoms with Gasteiger partial charge in [-0.2, -0.15) is 0 Å². The smallest absolute Gasteiger partial charge is 0.132 e. The number of rotatable bonds is 0. The molecule has 0 atom stereocenters. The van der Waals surface area contributed by atoms with Crippen molar-refractivity contribution in [1.29, 1.82) is 0 Å². The number of hydrogen-bond acceptors (Lipinski definition) is 1. The van der Waals surface area contributed by atoms with Gasteiger partial charge in [0.1, 0.15) is 5.78 Å². The number of Topliss-reactive ketones (excluding diaryl/α,β-unsaturated/α-hetero) is 1. The Morgan fingerprint density at radius 2 is 1.67 bits per heavy atom. The molecule has 0 spiro atoms. The predicted octanol–water partition coefficient (Wildman–Crippen LogP) is 2.06. The Balaban J connectivity index is 2.44. The Morgan fingerprint density at radius 1 is 1.22 bits per heavy atom. The van der Waals surface area contributed by atoms with Crippen molar-refractivity contribution in [3.8, 4) is 0 Å². The molecule has 9 heavy (non-hydrogen) atoms. The lowest BCUT2D eigenvalue weighted by Gasteiger charge is -2.25. The highest BCUT2D eigenvalue weighted by Gasteiger charge is 2.26. The molecule has 1 fully saturated rings. The van der Waals surface area contributed by atoms with Gasteiger partial charge in [0.2, 0.25) is 0 Å². The van der Waals surface area contributed by atoms with Crippen molar-refractivity contribution in [3.63, 3.8) is 0 Å². The second-order valence-corrected chi connectivity index (χ2v) is 9.03. The molecule has 0 saturated carbocycles. The van der Waals surface area contributed by atoms with Gasteiger partial charge in [-0.1, -0.05) is 25.2 Å². The van der Waals surface area contributed by atoms with Crippen LogP contribution in [0, 0.1) is 0 Å². The molecule has 0 bridgehead atoms. The van der Waals surface area contributed by atoms with Gasteiger partial charge < -0.3 is 0 Å². The van der Waals surface area contributed by atoms with Gasteiger partial charge in [0.25, 0.3) is 0 Å². The third-order valence-electron chi connectivity index (χ3n) is 2.16. The minimum Gasteiger partial charge on any atom is -0.300 e. The number of hydrogen-bond donors (Lipinski definition) is 0. The fourth-order valence-electron chi connectivity index (χ4n) is 1.21. The van der Waals surface area contributed by atoms with Crippen LogP contribution in [0.1, 0.15) is 12.8 Å². The summed E-state index contributed by atoms with van der Waals surface area (Å²) >= 11 is 0. The first-order valence-electron chi connectivity index (χ1n) is 3.62. The van der Waals surface area contributed by atoms with E-state index in [0.29, 0.717) is 5.78 Å². The first-order valence-corrected chi connectivity index (χ1v) is 7.03. The predicted molar refractivity (Wildman–Crippen MR) is 41.3 cm³/mol. The van der Waals surface area contributed by atoms with Crippen LogP contribution in [-0.4, -0.2) is 13.9 Å². The second-order valence-electron chi connectivity index (χ2n) is 3.70. The van der Waals surface area contributed by atoms with E-state index in [1.54, 1.807) is 0 Å².